The molecule has 2 heterocycles. The van der Waals surface area contributed by atoms with Crippen LogP contribution >= 0.6 is 11.8 Å². The first-order valence-corrected chi connectivity index (χ1v) is 8.66. The fourth-order valence-electron chi connectivity index (χ4n) is 2.06. The van der Waals surface area contributed by atoms with E-state index in [9.17, 15) is 0 Å². The lowest BCUT2D eigenvalue weighted by Gasteiger charge is -2.20. The molecule has 0 fully saturated rings. The number of nitrogens with two attached hydrogens (primary N) is 2. The second kappa shape index (κ2) is 7.98. The van der Waals surface area contributed by atoms with E-state index in [1.54, 1.807) is 18.8 Å². The zero-order chi connectivity index (χ0) is 17.7. The first-order chi connectivity index (χ1) is 11.4. The van der Waals surface area contributed by atoms with Gasteiger partial charge in [0.2, 0.25) is 0 Å². The number of pyridine rings is 1. The van der Waals surface area contributed by atoms with Gasteiger partial charge < -0.3 is 16.1 Å². The molecular weight excluding hydrogens is 322 g/mol. The van der Waals surface area contributed by atoms with Gasteiger partial charge in [-0.05, 0) is 31.7 Å². The summed E-state index contributed by atoms with van der Waals surface area (Å²) in [6, 6.07) is 5.78. The molecule has 0 saturated carbocycles. The van der Waals surface area contributed by atoms with Crippen LogP contribution in [-0.2, 0) is 0 Å². The zero-order valence-electron chi connectivity index (χ0n) is 14.4. The first kappa shape index (κ1) is 18.0. The molecule has 8 heteroatoms. The summed E-state index contributed by atoms with van der Waals surface area (Å²) in [5.74, 6) is 6.67. The van der Waals surface area contributed by atoms with E-state index in [0.717, 1.165) is 27.8 Å². The number of hydrogen-bond acceptors (Lipinski definition) is 8. The number of nitrogens with one attached hydrogen (secondary N) is 1. The molecule has 0 amide bonds. The largest absolute Gasteiger partial charge is 0.395 e. The standard InChI is InChI=1S/C16H23N7S/c1-10-5-6-12(22-11(10)2)16(17)13(23(3)18)8-19-14-7-15(24-4)21-9-20-14/h5-7,9H,8,17-18H2,1-4H3,(H,19,20,21)/b16-13-. The molecule has 0 aliphatic heterocycles. The molecule has 0 aliphatic rings. The number of rotatable bonds is 6. The predicted octanol–water partition coefficient (Wildman–Crippen LogP) is 1.76. The average molecular weight is 345 g/mol. The summed E-state index contributed by atoms with van der Waals surface area (Å²) >= 11 is 1.56. The topological polar surface area (TPSA) is 106 Å². The van der Waals surface area contributed by atoms with E-state index in [2.05, 4.69) is 20.3 Å². The van der Waals surface area contributed by atoms with Crippen molar-refractivity contribution < 1.29 is 0 Å². The van der Waals surface area contributed by atoms with Crippen molar-refractivity contribution in [3.8, 4) is 0 Å². The maximum atomic E-state index is 6.30. The molecule has 2 rings (SSSR count). The lowest BCUT2D eigenvalue weighted by atomic mass is 10.1. The van der Waals surface area contributed by atoms with E-state index < -0.39 is 0 Å². The van der Waals surface area contributed by atoms with Crippen molar-refractivity contribution in [2.24, 2.45) is 11.6 Å². The van der Waals surface area contributed by atoms with Gasteiger partial charge in [-0.25, -0.2) is 15.8 Å². The second-order valence-electron chi connectivity index (χ2n) is 5.37. The van der Waals surface area contributed by atoms with Crippen molar-refractivity contribution in [2.75, 3.05) is 25.2 Å². The smallest absolute Gasteiger partial charge is 0.130 e. The second-order valence-corrected chi connectivity index (χ2v) is 6.20. The van der Waals surface area contributed by atoms with E-state index in [-0.39, 0.29) is 0 Å². The third kappa shape index (κ3) is 4.36. The predicted molar refractivity (Wildman–Crippen MR) is 99.1 cm³/mol. The highest BCUT2D eigenvalue weighted by molar-refractivity contribution is 7.98. The van der Waals surface area contributed by atoms with Crippen LogP contribution in [0.25, 0.3) is 5.70 Å². The molecule has 0 spiro atoms. The maximum Gasteiger partial charge on any atom is 0.130 e. The van der Waals surface area contributed by atoms with Gasteiger partial charge in [-0.1, -0.05) is 6.07 Å². The highest BCUT2D eigenvalue weighted by Gasteiger charge is 2.11. The maximum absolute atomic E-state index is 6.30. The van der Waals surface area contributed by atoms with Crippen molar-refractivity contribution in [1.82, 2.24) is 20.0 Å². The molecule has 5 N–H and O–H groups in total. The van der Waals surface area contributed by atoms with Crippen molar-refractivity contribution in [3.63, 3.8) is 0 Å². The summed E-state index contributed by atoms with van der Waals surface area (Å²) in [4.78, 5) is 12.9. The monoisotopic (exact) mass is 345 g/mol. The van der Waals surface area contributed by atoms with E-state index in [4.69, 9.17) is 11.6 Å². The Labute approximate surface area is 146 Å². The summed E-state index contributed by atoms with van der Waals surface area (Å²) in [7, 11) is 1.75. The number of nitrogens with zero attached hydrogens (tertiary/aromatic N) is 4. The van der Waals surface area contributed by atoms with Crippen LogP contribution in [0, 0.1) is 13.8 Å². The van der Waals surface area contributed by atoms with Gasteiger partial charge in [0.05, 0.1) is 23.6 Å². The molecule has 7 nitrogen and oxygen atoms in total. The van der Waals surface area contributed by atoms with Crippen LogP contribution in [0.4, 0.5) is 5.82 Å². The molecule has 0 aromatic carbocycles. The third-order valence-corrected chi connectivity index (χ3v) is 4.29. The Morgan fingerprint density at radius 3 is 2.67 bits per heavy atom. The third-order valence-electron chi connectivity index (χ3n) is 3.65. The van der Waals surface area contributed by atoms with Crippen LogP contribution in [0.3, 0.4) is 0 Å². The number of anilines is 1. The fraction of sp³-hybridized carbons (Fsp3) is 0.312. The Morgan fingerprint density at radius 1 is 1.29 bits per heavy atom. The number of aromatic nitrogens is 3. The molecular formula is C16H23N7S. The van der Waals surface area contributed by atoms with E-state index >= 15 is 0 Å². The minimum atomic E-state index is 0.429. The normalized spacial score (nSPS) is 11.9. The summed E-state index contributed by atoms with van der Waals surface area (Å²) in [5.41, 5.74) is 10.3. The molecule has 0 unspecified atom stereocenters. The molecule has 24 heavy (non-hydrogen) atoms. The molecule has 2 aromatic heterocycles. The van der Waals surface area contributed by atoms with Gasteiger partial charge in [0.15, 0.2) is 0 Å². The van der Waals surface area contributed by atoms with E-state index in [0.29, 0.717) is 17.9 Å². The lowest BCUT2D eigenvalue weighted by Crippen LogP contribution is -2.32. The van der Waals surface area contributed by atoms with E-state index in [1.807, 2.05) is 38.3 Å². The van der Waals surface area contributed by atoms with Crippen LogP contribution in [0.1, 0.15) is 17.0 Å². The summed E-state index contributed by atoms with van der Waals surface area (Å²) in [6.45, 7) is 4.40. The molecule has 0 aliphatic carbocycles. The Morgan fingerprint density at radius 2 is 2.04 bits per heavy atom. The minimum Gasteiger partial charge on any atom is -0.395 e. The van der Waals surface area contributed by atoms with Crippen LogP contribution in [0.5, 0.6) is 0 Å². The molecule has 0 bridgehead atoms. The summed E-state index contributed by atoms with van der Waals surface area (Å²) < 4.78 is 0. The van der Waals surface area contributed by atoms with Crippen LogP contribution in [0.2, 0.25) is 0 Å². The van der Waals surface area contributed by atoms with Gasteiger partial charge in [-0.15, -0.1) is 11.8 Å². The van der Waals surface area contributed by atoms with Crippen LogP contribution < -0.4 is 16.9 Å². The fourth-order valence-corrected chi connectivity index (χ4v) is 2.44. The van der Waals surface area contributed by atoms with Gasteiger partial charge in [0.1, 0.15) is 17.2 Å². The molecule has 128 valence electrons. The Kier molecular flexibility index (Phi) is 5.99. The Balaban J connectivity index is 2.25. The first-order valence-electron chi connectivity index (χ1n) is 7.44. The zero-order valence-corrected chi connectivity index (χ0v) is 15.2. The van der Waals surface area contributed by atoms with E-state index in [1.165, 1.54) is 11.3 Å². The quantitative estimate of drug-likeness (QED) is 0.315. The Bertz CT molecular complexity index is 743. The molecule has 2 aromatic rings. The van der Waals surface area contributed by atoms with Gasteiger partial charge in [0, 0.05) is 18.8 Å². The van der Waals surface area contributed by atoms with Gasteiger partial charge in [-0.3, -0.25) is 4.98 Å². The number of hydrogen-bond donors (Lipinski definition) is 3. The number of likely N-dealkylation sites (N-methyl/N-ethyl adjacent to an activating group) is 1. The van der Waals surface area contributed by atoms with Crippen LogP contribution in [0.15, 0.2) is 35.2 Å². The summed E-state index contributed by atoms with van der Waals surface area (Å²) in [6.07, 6.45) is 3.49. The lowest BCUT2D eigenvalue weighted by molar-refractivity contribution is 0.438. The van der Waals surface area contributed by atoms with Gasteiger partial charge >= 0.3 is 0 Å². The van der Waals surface area contributed by atoms with Crippen molar-refractivity contribution >= 4 is 23.3 Å². The average Bonchev–Trinajstić information content (AvgIpc) is 2.57. The van der Waals surface area contributed by atoms with Crippen LogP contribution in [-0.4, -0.2) is 39.8 Å². The highest BCUT2D eigenvalue weighted by Crippen LogP contribution is 2.17. The van der Waals surface area contributed by atoms with Gasteiger partial charge in [-0.2, -0.15) is 0 Å². The number of thioether (sulfide) groups is 1. The van der Waals surface area contributed by atoms with Crippen molar-refractivity contribution in [2.45, 2.75) is 18.9 Å². The summed E-state index contributed by atoms with van der Waals surface area (Å²) in [5, 5.41) is 5.61. The Hall–Kier alpha value is -2.32. The highest BCUT2D eigenvalue weighted by atomic mass is 32.2. The molecule has 0 radical (unpaired) electrons. The molecule has 0 saturated heterocycles. The SMILES string of the molecule is CSc1cc(NC/C(=C(/N)c2ccc(C)c(C)n2)N(C)N)ncn1. The minimum absolute atomic E-state index is 0.429. The number of aryl methyl sites for hydroxylation is 2. The van der Waals surface area contributed by atoms with Crippen molar-refractivity contribution in [1.29, 1.82) is 0 Å². The van der Waals surface area contributed by atoms with Crippen molar-refractivity contribution in [3.05, 3.63) is 47.2 Å². The molecule has 0 atom stereocenters. The number of hydrazine groups is 1. The van der Waals surface area contributed by atoms with Gasteiger partial charge in [0.25, 0.3) is 0 Å².